The first kappa shape index (κ1) is 18.7. The van der Waals surface area contributed by atoms with E-state index in [0.717, 1.165) is 11.1 Å². The Morgan fingerprint density at radius 1 is 0.960 bits per heavy atom. The summed E-state index contributed by atoms with van der Waals surface area (Å²) in [5.74, 6) is -1.65. The SMILES string of the molecule is CCN(CC)C(=O)C(C(=O)OCc1ccccc1)c1ccc(C)cc1. The first-order valence-corrected chi connectivity index (χ1v) is 8.62. The number of carbonyl (C=O) groups excluding carboxylic acids is 2. The molecule has 0 heterocycles. The molecule has 0 saturated carbocycles. The van der Waals surface area contributed by atoms with E-state index in [1.165, 1.54) is 0 Å². The maximum Gasteiger partial charge on any atom is 0.323 e. The van der Waals surface area contributed by atoms with Crippen molar-refractivity contribution in [1.82, 2.24) is 4.90 Å². The number of amides is 1. The van der Waals surface area contributed by atoms with Crippen molar-refractivity contribution in [2.75, 3.05) is 13.1 Å². The molecule has 0 aliphatic rings. The number of hydrogen-bond donors (Lipinski definition) is 0. The fourth-order valence-electron chi connectivity index (χ4n) is 2.67. The first-order valence-electron chi connectivity index (χ1n) is 8.62. The Morgan fingerprint density at radius 3 is 2.12 bits per heavy atom. The lowest BCUT2D eigenvalue weighted by molar-refractivity contribution is -0.152. The quantitative estimate of drug-likeness (QED) is 0.571. The number of esters is 1. The molecule has 4 heteroatoms. The van der Waals surface area contributed by atoms with Crippen LogP contribution in [-0.4, -0.2) is 29.9 Å². The molecule has 0 fully saturated rings. The van der Waals surface area contributed by atoms with Crippen molar-refractivity contribution in [3.05, 3.63) is 71.3 Å². The van der Waals surface area contributed by atoms with Gasteiger partial charge in [0.15, 0.2) is 5.92 Å². The lowest BCUT2D eigenvalue weighted by atomic mass is 9.96. The molecule has 1 atom stereocenters. The van der Waals surface area contributed by atoms with Gasteiger partial charge in [0.25, 0.3) is 0 Å². The summed E-state index contributed by atoms with van der Waals surface area (Å²) in [7, 11) is 0. The van der Waals surface area contributed by atoms with Gasteiger partial charge in [0, 0.05) is 13.1 Å². The number of likely N-dealkylation sites (N-methyl/N-ethyl adjacent to an activating group) is 1. The second kappa shape index (κ2) is 9.02. The van der Waals surface area contributed by atoms with Crippen LogP contribution in [0.25, 0.3) is 0 Å². The zero-order chi connectivity index (χ0) is 18.2. The third-order valence-corrected chi connectivity index (χ3v) is 4.19. The lowest BCUT2D eigenvalue weighted by Gasteiger charge is -2.24. The second-order valence-electron chi connectivity index (χ2n) is 5.95. The van der Waals surface area contributed by atoms with Gasteiger partial charge in [-0.05, 0) is 31.9 Å². The molecule has 0 aliphatic carbocycles. The van der Waals surface area contributed by atoms with Crippen molar-refractivity contribution < 1.29 is 14.3 Å². The van der Waals surface area contributed by atoms with Crippen LogP contribution in [0.1, 0.15) is 36.5 Å². The Hall–Kier alpha value is -2.62. The minimum absolute atomic E-state index is 0.160. The third-order valence-electron chi connectivity index (χ3n) is 4.19. The van der Waals surface area contributed by atoms with Crippen LogP contribution in [0.2, 0.25) is 0 Å². The van der Waals surface area contributed by atoms with Gasteiger partial charge in [-0.2, -0.15) is 0 Å². The van der Waals surface area contributed by atoms with E-state index >= 15 is 0 Å². The third kappa shape index (κ3) is 4.92. The molecule has 1 unspecified atom stereocenters. The van der Waals surface area contributed by atoms with Crippen LogP contribution < -0.4 is 0 Å². The number of hydrogen-bond acceptors (Lipinski definition) is 3. The van der Waals surface area contributed by atoms with Gasteiger partial charge in [-0.25, -0.2) is 0 Å². The molecule has 4 nitrogen and oxygen atoms in total. The highest BCUT2D eigenvalue weighted by molar-refractivity contribution is 6.03. The monoisotopic (exact) mass is 339 g/mol. The number of nitrogens with zero attached hydrogens (tertiary/aromatic N) is 1. The van der Waals surface area contributed by atoms with E-state index in [9.17, 15) is 9.59 Å². The van der Waals surface area contributed by atoms with Crippen LogP contribution in [0.4, 0.5) is 0 Å². The minimum Gasteiger partial charge on any atom is -0.460 e. The molecule has 132 valence electrons. The van der Waals surface area contributed by atoms with E-state index in [2.05, 4.69) is 0 Å². The Kier molecular flexibility index (Phi) is 6.75. The smallest absolute Gasteiger partial charge is 0.323 e. The van der Waals surface area contributed by atoms with Gasteiger partial charge < -0.3 is 9.64 Å². The van der Waals surface area contributed by atoms with Gasteiger partial charge in [0.2, 0.25) is 5.91 Å². The van der Waals surface area contributed by atoms with Gasteiger partial charge in [0.1, 0.15) is 6.61 Å². The molecule has 0 aromatic heterocycles. The van der Waals surface area contributed by atoms with Crippen LogP contribution in [-0.2, 0) is 20.9 Å². The fraction of sp³-hybridized carbons (Fsp3) is 0.333. The molecule has 0 N–H and O–H groups in total. The van der Waals surface area contributed by atoms with E-state index in [-0.39, 0.29) is 12.5 Å². The maximum absolute atomic E-state index is 12.9. The molecular formula is C21H25NO3. The highest BCUT2D eigenvalue weighted by atomic mass is 16.5. The van der Waals surface area contributed by atoms with Crippen molar-refractivity contribution in [3.63, 3.8) is 0 Å². The molecule has 0 bridgehead atoms. The highest BCUT2D eigenvalue weighted by Gasteiger charge is 2.32. The van der Waals surface area contributed by atoms with Crippen LogP contribution in [0, 0.1) is 6.92 Å². The Labute approximate surface area is 149 Å². The predicted octanol–water partition coefficient (Wildman–Crippen LogP) is 3.69. The maximum atomic E-state index is 12.9. The van der Waals surface area contributed by atoms with E-state index in [4.69, 9.17) is 4.74 Å². The van der Waals surface area contributed by atoms with Crippen molar-refractivity contribution in [2.45, 2.75) is 33.3 Å². The Balaban J connectivity index is 2.22. The molecular weight excluding hydrogens is 314 g/mol. The fourth-order valence-corrected chi connectivity index (χ4v) is 2.67. The standard InChI is InChI=1S/C21H25NO3/c1-4-22(5-2)20(23)19(18-13-11-16(3)12-14-18)21(24)25-15-17-9-7-6-8-10-17/h6-14,19H,4-5,15H2,1-3H3. The summed E-state index contributed by atoms with van der Waals surface area (Å²) in [6.45, 7) is 7.06. The minimum atomic E-state index is -0.927. The van der Waals surface area contributed by atoms with Crippen molar-refractivity contribution >= 4 is 11.9 Å². The first-order chi connectivity index (χ1) is 12.1. The average molecular weight is 339 g/mol. The van der Waals surface area contributed by atoms with Gasteiger partial charge in [-0.15, -0.1) is 0 Å². The Morgan fingerprint density at radius 2 is 1.56 bits per heavy atom. The van der Waals surface area contributed by atoms with Gasteiger partial charge in [0.05, 0.1) is 0 Å². The van der Waals surface area contributed by atoms with Gasteiger partial charge in [-0.3, -0.25) is 9.59 Å². The lowest BCUT2D eigenvalue weighted by Crippen LogP contribution is -2.38. The molecule has 25 heavy (non-hydrogen) atoms. The number of benzene rings is 2. The van der Waals surface area contributed by atoms with Crippen LogP contribution in [0.5, 0.6) is 0 Å². The summed E-state index contributed by atoms with van der Waals surface area (Å²) >= 11 is 0. The summed E-state index contributed by atoms with van der Waals surface area (Å²) in [5.41, 5.74) is 2.64. The average Bonchev–Trinajstić information content (AvgIpc) is 2.64. The summed E-state index contributed by atoms with van der Waals surface area (Å²) < 4.78 is 5.45. The van der Waals surface area contributed by atoms with E-state index in [1.54, 1.807) is 4.90 Å². The zero-order valence-corrected chi connectivity index (χ0v) is 15.1. The molecule has 2 aromatic rings. The van der Waals surface area contributed by atoms with Crippen molar-refractivity contribution in [1.29, 1.82) is 0 Å². The Bertz CT molecular complexity index is 691. The number of ether oxygens (including phenoxy) is 1. The summed E-state index contributed by atoms with van der Waals surface area (Å²) in [4.78, 5) is 27.2. The number of aryl methyl sites for hydroxylation is 1. The summed E-state index contributed by atoms with van der Waals surface area (Å²) in [5, 5.41) is 0. The predicted molar refractivity (Wildman–Crippen MR) is 98.1 cm³/mol. The summed E-state index contributed by atoms with van der Waals surface area (Å²) in [6, 6.07) is 16.9. The van der Waals surface area contributed by atoms with Gasteiger partial charge in [-0.1, -0.05) is 60.2 Å². The van der Waals surface area contributed by atoms with E-state index in [1.807, 2.05) is 75.4 Å². The zero-order valence-electron chi connectivity index (χ0n) is 15.1. The molecule has 1 amide bonds. The van der Waals surface area contributed by atoms with Crippen LogP contribution in [0.15, 0.2) is 54.6 Å². The second-order valence-corrected chi connectivity index (χ2v) is 5.95. The summed E-state index contributed by atoms with van der Waals surface area (Å²) in [6.07, 6.45) is 0. The molecule has 2 aromatic carbocycles. The van der Waals surface area contributed by atoms with Gasteiger partial charge >= 0.3 is 5.97 Å². The van der Waals surface area contributed by atoms with E-state index < -0.39 is 11.9 Å². The van der Waals surface area contributed by atoms with Crippen molar-refractivity contribution in [2.24, 2.45) is 0 Å². The molecule has 2 rings (SSSR count). The largest absolute Gasteiger partial charge is 0.460 e. The van der Waals surface area contributed by atoms with Crippen LogP contribution in [0.3, 0.4) is 0 Å². The normalized spacial score (nSPS) is 11.6. The van der Waals surface area contributed by atoms with Crippen LogP contribution >= 0.6 is 0 Å². The molecule has 0 aliphatic heterocycles. The number of carbonyl (C=O) groups is 2. The molecule has 0 radical (unpaired) electrons. The molecule has 0 spiro atoms. The molecule has 0 saturated heterocycles. The van der Waals surface area contributed by atoms with Crippen molar-refractivity contribution in [3.8, 4) is 0 Å². The highest BCUT2D eigenvalue weighted by Crippen LogP contribution is 2.22. The van der Waals surface area contributed by atoms with E-state index in [0.29, 0.717) is 18.7 Å². The number of rotatable bonds is 7. The topological polar surface area (TPSA) is 46.6 Å².